The minimum Gasteiger partial charge on any atom is -0.336 e. The van der Waals surface area contributed by atoms with Gasteiger partial charge in [0.25, 0.3) is 0 Å². The number of para-hydroxylation sites is 1. The fraction of sp³-hybridized carbons (Fsp3) is 0.235. The molecule has 0 aliphatic rings. The molecule has 0 aliphatic heterocycles. The van der Waals surface area contributed by atoms with Crippen LogP contribution in [0.1, 0.15) is 5.56 Å². The van der Waals surface area contributed by atoms with Crippen LogP contribution in [0.15, 0.2) is 48.5 Å². The van der Waals surface area contributed by atoms with Crippen molar-refractivity contribution in [2.45, 2.75) is 6.92 Å². The molecular weight excluding hydrogens is 362 g/mol. The Morgan fingerprint density at radius 2 is 1.80 bits per heavy atom. The molecule has 0 aromatic heterocycles. The molecule has 134 valence electrons. The van der Waals surface area contributed by atoms with E-state index in [-0.39, 0.29) is 13.1 Å². The summed E-state index contributed by atoms with van der Waals surface area (Å²) in [5.74, 6) is 0. The maximum atomic E-state index is 12.1. The predicted molar refractivity (Wildman–Crippen MR) is 102 cm³/mol. The molecule has 0 fully saturated rings. The van der Waals surface area contributed by atoms with E-state index in [4.69, 9.17) is 11.6 Å². The maximum absolute atomic E-state index is 12.1. The average Bonchev–Trinajstić information content (AvgIpc) is 2.54. The molecule has 0 spiro atoms. The van der Waals surface area contributed by atoms with Crippen molar-refractivity contribution in [1.82, 2.24) is 5.32 Å². The molecule has 2 aromatic rings. The van der Waals surface area contributed by atoms with Crippen LogP contribution in [0.4, 0.5) is 16.2 Å². The smallest absolute Gasteiger partial charge is 0.319 e. The summed E-state index contributed by atoms with van der Waals surface area (Å²) in [6.07, 6.45) is 1.12. The summed E-state index contributed by atoms with van der Waals surface area (Å²) < 4.78 is 25.5. The Hall–Kier alpha value is -2.25. The van der Waals surface area contributed by atoms with Crippen LogP contribution in [0.3, 0.4) is 0 Å². The molecule has 2 aromatic carbocycles. The van der Waals surface area contributed by atoms with E-state index in [1.807, 2.05) is 18.2 Å². The molecule has 0 radical (unpaired) electrons. The van der Waals surface area contributed by atoms with Crippen LogP contribution in [0, 0.1) is 6.92 Å². The van der Waals surface area contributed by atoms with E-state index in [1.54, 1.807) is 37.3 Å². The molecule has 0 aliphatic carbocycles. The topological polar surface area (TPSA) is 78.5 Å². The fourth-order valence-corrected chi connectivity index (χ4v) is 3.45. The van der Waals surface area contributed by atoms with Gasteiger partial charge in [-0.2, -0.15) is 0 Å². The number of urea groups is 1. The Balaban J connectivity index is 2.02. The third-order valence-corrected chi connectivity index (χ3v) is 5.13. The van der Waals surface area contributed by atoms with E-state index in [9.17, 15) is 13.2 Å². The van der Waals surface area contributed by atoms with Gasteiger partial charge >= 0.3 is 6.03 Å². The number of nitrogens with one attached hydrogen (secondary N) is 2. The third-order valence-electron chi connectivity index (χ3n) is 3.54. The molecule has 2 rings (SSSR count). The van der Waals surface area contributed by atoms with Crippen LogP contribution in [0.5, 0.6) is 0 Å². The second-order valence-corrected chi connectivity index (χ2v) is 7.78. The number of benzene rings is 2. The van der Waals surface area contributed by atoms with Crippen molar-refractivity contribution < 1.29 is 13.2 Å². The zero-order valence-corrected chi connectivity index (χ0v) is 15.6. The highest BCUT2D eigenvalue weighted by Crippen LogP contribution is 2.27. The lowest BCUT2D eigenvalue weighted by Crippen LogP contribution is -2.39. The monoisotopic (exact) mass is 381 g/mol. The minimum atomic E-state index is -3.51. The van der Waals surface area contributed by atoms with Gasteiger partial charge < -0.3 is 10.6 Å². The Labute approximate surface area is 152 Å². The van der Waals surface area contributed by atoms with Gasteiger partial charge in [0.15, 0.2) is 0 Å². The lowest BCUT2D eigenvalue weighted by molar-refractivity contribution is 0.252. The van der Waals surface area contributed by atoms with Crippen LogP contribution >= 0.6 is 11.6 Å². The van der Waals surface area contributed by atoms with Gasteiger partial charge in [0, 0.05) is 17.3 Å². The van der Waals surface area contributed by atoms with Crippen LogP contribution < -0.4 is 14.9 Å². The van der Waals surface area contributed by atoms with Crippen molar-refractivity contribution in [2.75, 3.05) is 29.0 Å². The van der Waals surface area contributed by atoms with Crippen LogP contribution in [0.25, 0.3) is 0 Å². The number of anilines is 2. The number of rotatable bonds is 6. The molecule has 0 saturated heterocycles. The molecule has 0 atom stereocenters. The predicted octanol–water partition coefficient (Wildman–Crippen LogP) is 3.24. The summed E-state index contributed by atoms with van der Waals surface area (Å²) in [5, 5.41) is 5.81. The normalized spacial score (nSPS) is 11.0. The molecule has 25 heavy (non-hydrogen) atoms. The number of sulfonamides is 1. The molecule has 8 heteroatoms. The highest BCUT2D eigenvalue weighted by atomic mass is 35.5. The van der Waals surface area contributed by atoms with E-state index in [0.29, 0.717) is 22.0 Å². The van der Waals surface area contributed by atoms with E-state index in [2.05, 4.69) is 10.6 Å². The molecule has 2 amide bonds. The van der Waals surface area contributed by atoms with Gasteiger partial charge in [0.2, 0.25) is 10.0 Å². The number of amides is 2. The van der Waals surface area contributed by atoms with Gasteiger partial charge in [-0.15, -0.1) is 0 Å². The molecule has 6 nitrogen and oxygen atoms in total. The first-order valence-electron chi connectivity index (χ1n) is 7.62. The van der Waals surface area contributed by atoms with Gasteiger partial charge in [-0.05, 0) is 36.8 Å². The number of carbonyl (C=O) groups is 1. The summed E-state index contributed by atoms with van der Waals surface area (Å²) in [6.45, 7) is 2.01. The average molecular weight is 382 g/mol. The Kier molecular flexibility index (Phi) is 6.27. The summed E-state index contributed by atoms with van der Waals surface area (Å²) >= 11 is 6.08. The van der Waals surface area contributed by atoms with Crippen molar-refractivity contribution in [3.63, 3.8) is 0 Å². The first-order valence-corrected chi connectivity index (χ1v) is 9.84. The zero-order valence-electron chi connectivity index (χ0n) is 14.0. The Bertz CT molecular complexity index is 841. The summed E-state index contributed by atoms with van der Waals surface area (Å²) in [6, 6.07) is 13.7. The zero-order chi connectivity index (χ0) is 18.4. The highest BCUT2D eigenvalue weighted by molar-refractivity contribution is 7.92. The largest absolute Gasteiger partial charge is 0.336 e. The van der Waals surface area contributed by atoms with Crippen LogP contribution in [0.2, 0.25) is 5.02 Å². The van der Waals surface area contributed by atoms with E-state index < -0.39 is 16.1 Å². The highest BCUT2D eigenvalue weighted by Gasteiger charge is 2.20. The van der Waals surface area contributed by atoms with E-state index in [1.165, 1.54) is 4.31 Å². The van der Waals surface area contributed by atoms with Gasteiger partial charge in [-0.1, -0.05) is 35.9 Å². The first kappa shape index (κ1) is 19.1. The van der Waals surface area contributed by atoms with Crippen LogP contribution in [-0.2, 0) is 10.0 Å². The molecule has 0 bridgehead atoms. The van der Waals surface area contributed by atoms with Gasteiger partial charge in [0.1, 0.15) is 0 Å². The van der Waals surface area contributed by atoms with E-state index in [0.717, 1.165) is 6.26 Å². The number of hydrogen-bond acceptors (Lipinski definition) is 3. The van der Waals surface area contributed by atoms with Crippen molar-refractivity contribution in [2.24, 2.45) is 0 Å². The summed E-state index contributed by atoms with van der Waals surface area (Å²) in [5.41, 5.74) is 1.83. The minimum absolute atomic E-state index is 0.0994. The van der Waals surface area contributed by atoms with Gasteiger partial charge in [-0.25, -0.2) is 13.2 Å². The second-order valence-electron chi connectivity index (χ2n) is 5.47. The Morgan fingerprint density at radius 3 is 2.44 bits per heavy atom. The van der Waals surface area contributed by atoms with Gasteiger partial charge in [0.05, 0.1) is 18.5 Å². The summed E-state index contributed by atoms with van der Waals surface area (Å²) in [4.78, 5) is 11.9. The molecule has 0 heterocycles. The standard InChI is InChI=1S/C17H20ClN3O3S/c1-13-15(18)9-6-10-16(13)21(25(2,23)24)12-11-19-17(22)20-14-7-4-3-5-8-14/h3-10H,11-12H2,1-2H3,(H2,19,20,22). The van der Waals surface area contributed by atoms with Crippen molar-refractivity contribution in [3.05, 3.63) is 59.1 Å². The van der Waals surface area contributed by atoms with E-state index >= 15 is 0 Å². The number of hydrogen-bond donors (Lipinski definition) is 2. The number of halogens is 1. The fourth-order valence-electron chi connectivity index (χ4n) is 2.30. The molecule has 2 N–H and O–H groups in total. The number of nitrogens with zero attached hydrogens (tertiary/aromatic N) is 1. The van der Waals surface area contributed by atoms with Gasteiger partial charge in [-0.3, -0.25) is 4.31 Å². The SMILES string of the molecule is Cc1c(Cl)cccc1N(CCNC(=O)Nc1ccccc1)S(C)(=O)=O. The van der Waals surface area contributed by atoms with Crippen LogP contribution in [-0.4, -0.2) is 33.8 Å². The van der Waals surface area contributed by atoms with Crippen molar-refractivity contribution in [3.8, 4) is 0 Å². The summed E-state index contributed by atoms with van der Waals surface area (Å²) in [7, 11) is -3.51. The lowest BCUT2D eigenvalue weighted by atomic mass is 10.2. The van der Waals surface area contributed by atoms with Crippen molar-refractivity contribution >= 4 is 39.0 Å². The molecule has 0 unspecified atom stereocenters. The first-order chi connectivity index (χ1) is 11.8. The molecular formula is C17H20ClN3O3S. The van der Waals surface area contributed by atoms with Crippen molar-refractivity contribution in [1.29, 1.82) is 0 Å². The maximum Gasteiger partial charge on any atom is 0.319 e. The number of carbonyl (C=O) groups excluding carboxylic acids is 1. The lowest BCUT2D eigenvalue weighted by Gasteiger charge is -2.24. The quantitative estimate of drug-likeness (QED) is 0.806. The Morgan fingerprint density at radius 1 is 1.12 bits per heavy atom. The molecule has 0 saturated carbocycles. The third kappa shape index (κ3) is 5.37. The second kappa shape index (κ2) is 8.22.